The summed E-state index contributed by atoms with van der Waals surface area (Å²) in [6, 6.07) is 0. The third-order valence-corrected chi connectivity index (χ3v) is 2.21. The highest BCUT2D eigenvalue weighted by atomic mass is 16.5. The number of hydrogen-bond donors (Lipinski definition) is 0. The van der Waals surface area contributed by atoms with Gasteiger partial charge in [-0.2, -0.15) is 0 Å². The Morgan fingerprint density at radius 1 is 1.17 bits per heavy atom. The second-order valence-corrected chi connectivity index (χ2v) is 3.14. The second-order valence-electron chi connectivity index (χ2n) is 3.14. The van der Waals surface area contributed by atoms with Gasteiger partial charge >= 0.3 is 0 Å². The molecule has 0 aliphatic rings. The molecule has 0 aromatic heterocycles. The Morgan fingerprint density at radius 2 is 1.83 bits per heavy atom. The fourth-order valence-corrected chi connectivity index (χ4v) is 1.01. The third kappa shape index (κ3) is 5.56. The Balaban J connectivity index is 3.28. The van der Waals surface area contributed by atoms with Gasteiger partial charge in [0.1, 0.15) is 0 Å². The van der Waals surface area contributed by atoms with E-state index in [2.05, 4.69) is 20.8 Å². The van der Waals surface area contributed by atoms with Crippen LogP contribution in [0.4, 0.5) is 0 Å². The summed E-state index contributed by atoms with van der Waals surface area (Å²) in [5.74, 6) is 0. The van der Waals surface area contributed by atoms with Crippen molar-refractivity contribution in [3.63, 3.8) is 0 Å². The maximum absolute atomic E-state index is 5.55. The van der Waals surface area contributed by atoms with Gasteiger partial charge in [0, 0.05) is 13.7 Å². The predicted molar refractivity (Wildman–Crippen MR) is 51.4 cm³/mol. The first kappa shape index (κ1) is 11.9. The lowest BCUT2D eigenvalue weighted by Gasteiger charge is -2.15. The van der Waals surface area contributed by atoms with Crippen molar-refractivity contribution in [3.05, 3.63) is 0 Å². The lowest BCUT2D eigenvalue weighted by atomic mass is 10.2. The van der Waals surface area contributed by atoms with Crippen LogP contribution in [0.25, 0.3) is 0 Å². The first-order chi connectivity index (χ1) is 5.74. The average Bonchev–Trinajstić information content (AvgIpc) is 2.12. The van der Waals surface area contributed by atoms with Crippen LogP contribution in [0.3, 0.4) is 0 Å². The highest BCUT2D eigenvalue weighted by Crippen LogP contribution is 2.04. The molecule has 0 fully saturated rings. The summed E-state index contributed by atoms with van der Waals surface area (Å²) in [6.07, 6.45) is 3.93. The second kappa shape index (κ2) is 7.56. The van der Waals surface area contributed by atoms with E-state index in [0.29, 0.717) is 12.2 Å². The molecule has 0 saturated heterocycles. The molecule has 0 N–H and O–H groups in total. The maximum Gasteiger partial charge on any atom is 0.0590 e. The van der Waals surface area contributed by atoms with Crippen molar-refractivity contribution in [2.75, 3.05) is 13.7 Å². The first-order valence-electron chi connectivity index (χ1n) is 4.88. The molecule has 0 bridgehead atoms. The molecule has 2 nitrogen and oxygen atoms in total. The molecule has 2 atom stereocenters. The Bertz CT molecular complexity index is 89.8. The van der Waals surface area contributed by atoms with E-state index in [1.54, 1.807) is 7.11 Å². The molecule has 2 heteroatoms. The molecule has 12 heavy (non-hydrogen) atoms. The van der Waals surface area contributed by atoms with Gasteiger partial charge in [-0.15, -0.1) is 0 Å². The highest BCUT2D eigenvalue weighted by molar-refractivity contribution is 4.54. The predicted octanol–water partition coefficient (Wildman–Crippen LogP) is 2.62. The summed E-state index contributed by atoms with van der Waals surface area (Å²) < 4.78 is 10.8. The number of methoxy groups -OCH3 is 1. The first-order valence-corrected chi connectivity index (χ1v) is 4.88. The van der Waals surface area contributed by atoms with Gasteiger partial charge in [-0.25, -0.2) is 0 Å². The Kier molecular flexibility index (Phi) is 7.51. The molecule has 0 aliphatic carbocycles. The van der Waals surface area contributed by atoms with Gasteiger partial charge in [-0.3, -0.25) is 0 Å². The van der Waals surface area contributed by atoms with E-state index in [4.69, 9.17) is 9.47 Å². The molecule has 74 valence electrons. The zero-order valence-corrected chi connectivity index (χ0v) is 8.80. The van der Waals surface area contributed by atoms with E-state index in [9.17, 15) is 0 Å². The minimum atomic E-state index is 0.369. The van der Waals surface area contributed by atoms with Crippen LogP contribution in [0.15, 0.2) is 0 Å². The molecule has 0 radical (unpaired) electrons. The minimum Gasteiger partial charge on any atom is -0.381 e. The molecule has 0 heterocycles. The summed E-state index contributed by atoms with van der Waals surface area (Å²) in [6.45, 7) is 7.20. The van der Waals surface area contributed by atoms with Gasteiger partial charge in [0.2, 0.25) is 0 Å². The normalized spacial score (nSPS) is 16.0. The van der Waals surface area contributed by atoms with Crippen LogP contribution in [0.2, 0.25) is 0 Å². The van der Waals surface area contributed by atoms with E-state index in [-0.39, 0.29) is 0 Å². The van der Waals surface area contributed by atoms with Gasteiger partial charge in [0.05, 0.1) is 12.2 Å². The fourth-order valence-electron chi connectivity index (χ4n) is 1.01. The summed E-state index contributed by atoms with van der Waals surface area (Å²) in [5, 5.41) is 0. The quantitative estimate of drug-likeness (QED) is 0.590. The van der Waals surface area contributed by atoms with Crippen molar-refractivity contribution in [2.24, 2.45) is 0 Å². The van der Waals surface area contributed by atoms with Crippen LogP contribution in [-0.2, 0) is 9.47 Å². The summed E-state index contributed by atoms with van der Waals surface area (Å²) >= 11 is 0. The smallest absolute Gasteiger partial charge is 0.0590 e. The summed E-state index contributed by atoms with van der Waals surface area (Å²) in [7, 11) is 1.76. The molecule has 0 spiro atoms. The van der Waals surface area contributed by atoms with Crippen molar-refractivity contribution >= 4 is 0 Å². The molecule has 0 aliphatic heterocycles. The number of ether oxygens (including phenoxy) is 2. The SMILES string of the molecule is CCC(C)OCCC(CC)OC. The molecular formula is C10H22O2. The van der Waals surface area contributed by atoms with Crippen LogP contribution in [0.1, 0.15) is 40.0 Å². The van der Waals surface area contributed by atoms with Crippen molar-refractivity contribution in [1.82, 2.24) is 0 Å². The fraction of sp³-hybridized carbons (Fsp3) is 1.00. The van der Waals surface area contributed by atoms with Crippen LogP contribution in [-0.4, -0.2) is 25.9 Å². The summed E-state index contributed by atoms with van der Waals surface area (Å²) in [5.41, 5.74) is 0. The van der Waals surface area contributed by atoms with Gasteiger partial charge < -0.3 is 9.47 Å². The van der Waals surface area contributed by atoms with Gasteiger partial charge in [-0.05, 0) is 26.2 Å². The zero-order valence-electron chi connectivity index (χ0n) is 8.80. The molecule has 0 aromatic rings. The summed E-state index contributed by atoms with van der Waals surface area (Å²) in [4.78, 5) is 0. The number of rotatable bonds is 7. The van der Waals surface area contributed by atoms with Crippen molar-refractivity contribution in [3.8, 4) is 0 Å². The van der Waals surface area contributed by atoms with Crippen molar-refractivity contribution < 1.29 is 9.47 Å². The molecule has 2 unspecified atom stereocenters. The van der Waals surface area contributed by atoms with E-state index in [1.165, 1.54) is 0 Å². The van der Waals surface area contributed by atoms with Crippen molar-refractivity contribution in [2.45, 2.75) is 52.2 Å². The standard InChI is InChI=1S/C10H22O2/c1-5-9(3)12-8-7-10(6-2)11-4/h9-10H,5-8H2,1-4H3. The van der Waals surface area contributed by atoms with E-state index in [0.717, 1.165) is 25.9 Å². The molecule has 0 amide bonds. The monoisotopic (exact) mass is 174 g/mol. The van der Waals surface area contributed by atoms with Gasteiger partial charge in [0.25, 0.3) is 0 Å². The van der Waals surface area contributed by atoms with E-state index >= 15 is 0 Å². The maximum atomic E-state index is 5.55. The van der Waals surface area contributed by atoms with Crippen molar-refractivity contribution in [1.29, 1.82) is 0 Å². The van der Waals surface area contributed by atoms with Crippen LogP contribution in [0, 0.1) is 0 Å². The van der Waals surface area contributed by atoms with Gasteiger partial charge in [-0.1, -0.05) is 13.8 Å². The minimum absolute atomic E-state index is 0.369. The lowest BCUT2D eigenvalue weighted by molar-refractivity contribution is 0.0201. The Labute approximate surface area is 76.3 Å². The van der Waals surface area contributed by atoms with Gasteiger partial charge in [0.15, 0.2) is 0 Å². The molecule has 0 saturated carbocycles. The van der Waals surface area contributed by atoms with Crippen LogP contribution >= 0.6 is 0 Å². The molecule has 0 aromatic carbocycles. The van der Waals surface area contributed by atoms with E-state index in [1.807, 2.05) is 0 Å². The number of hydrogen-bond acceptors (Lipinski definition) is 2. The Morgan fingerprint density at radius 3 is 2.25 bits per heavy atom. The Hall–Kier alpha value is -0.0800. The molecule has 0 rings (SSSR count). The van der Waals surface area contributed by atoms with Crippen LogP contribution in [0.5, 0.6) is 0 Å². The molecular weight excluding hydrogens is 152 g/mol. The topological polar surface area (TPSA) is 18.5 Å². The largest absolute Gasteiger partial charge is 0.381 e. The average molecular weight is 174 g/mol. The lowest BCUT2D eigenvalue weighted by Crippen LogP contribution is -2.15. The van der Waals surface area contributed by atoms with Crippen LogP contribution < -0.4 is 0 Å². The third-order valence-electron chi connectivity index (χ3n) is 2.21. The van der Waals surface area contributed by atoms with E-state index < -0.39 is 0 Å². The highest BCUT2D eigenvalue weighted by Gasteiger charge is 2.04. The zero-order chi connectivity index (χ0) is 9.40.